The smallest absolute Gasteiger partial charge is 0.311 e. The standard InChI is InChI=1S/C20H25NO2S/c1-3-5-14-21-16-10-12-18(13-11-16)24-19-9-6-8-17(15-19)23-20(22)7-4-2/h6,8-13,15,21H,3-5,7,14H2,1-2H3. The lowest BCUT2D eigenvalue weighted by Gasteiger charge is -2.08. The highest BCUT2D eigenvalue weighted by molar-refractivity contribution is 7.99. The van der Waals surface area contributed by atoms with Gasteiger partial charge in [-0.15, -0.1) is 0 Å². The molecule has 2 aromatic rings. The summed E-state index contributed by atoms with van der Waals surface area (Å²) in [7, 11) is 0. The molecule has 0 spiro atoms. The topological polar surface area (TPSA) is 38.3 Å². The largest absolute Gasteiger partial charge is 0.426 e. The van der Waals surface area contributed by atoms with Gasteiger partial charge in [0, 0.05) is 28.4 Å². The van der Waals surface area contributed by atoms with Crippen molar-refractivity contribution in [2.45, 2.75) is 49.3 Å². The predicted molar refractivity (Wildman–Crippen MR) is 101 cm³/mol. The molecule has 1 N–H and O–H groups in total. The Morgan fingerprint density at radius 2 is 1.83 bits per heavy atom. The van der Waals surface area contributed by atoms with Crippen LogP contribution in [0, 0.1) is 0 Å². The summed E-state index contributed by atoms with van der Waals surface area (Å²) in [4.78, 5) is 13.8. The second-order valence-electron chi connectivity index (χ2n) is 5.61. The van der Waals surface area contributed by atoms with Gasteiger partial charge in [-0.05, 0) is 55.3 Å². The summed E-state index contributed by atoms with van der Waals surface area (Å²) < 4.78 is 5.34. The normalized spacial score (nSPS) is 10.4. The SMILES string of the molecule is CCCCNc1ccc(Sc2cccc(OC(=O)CCC)c2)cc1. The molecule has 0 fully saturated rings. The second-order valence-corrected chi connectivity index (χ2v) is 6.75. The number of nitrogens with one attached hydrogen (secondary N) is 1. The van der Waals surface area contributed by atoms with Crippen molar-refractivity contribution in [3.05, 3.63) is 48.5 Å². The Morgan fingerprint density at radius 3 is 2.54 bits per heavy atom. The zero-order valence-electron chi connectivity index (χ0n) is 14.4. The van der Waals surface area contributed by atoms with Crippen molar-refractivity contribution in [3.63, 3.8) is 0 Å². The first-order valence-electron chi connectivity index (χ1n) is 8.53. The molecule has 0 amide bonds. The average molecular weight is 343 g/mol. The number of benzene rings is 2. The Kier molecular flexibility index (Phi) is 7.69. The Bertz CT molecular complexity index is 640. The molecular formula is C20H25NO2S. The number of ether oxygens (including phenoxy) is 1. The van der Waals surface area contributed by atoms with E-state index in [-0.39, 0.29) is 5.97 Å². The highest BCUT2D eigenvalue weighted by Gasteiger charge is 2.05. The summed E-state index contributed by atoms with van der Waals surface area (Å²) in [6.45, 7) is 5.16. The van der Waals surface area contributed by atoms with Gasteiger partial charge in [0.25, 0.3) is 0 Å². The summed E-state index contributed by atoms with van der Waals surface area (Å²) in [6.07, 6.45) is 3.62. The first-order valence-corrected chi connectivity index (χ1v) is 9.35. The molecule has 0 saturated heterocycles. The zero-order chi connectivity index (χ0) is 17.2. The minimum Gasteiger partial charge on any atom is -0.426 e. The number of hydrogen-bond donors (Lipinski definition) is 1. The second kappa shape index (κ2) is 10.0. The molecule has 2 rings (SSSR count). The van der Waals surface area contributed by atoms with Crippen molar-refractivity contribution in [1.82, 2.24) is 0 Å². The van der Waals surface area contributed by atoms with Crippen LogP contribution in [0.5, 0.6) is 5.75 Å². The Labute approximate surface area is 148 Å². The molecule has 2 aromatic carbocycles. The van der Waals surface area contributed by atoms with Crippen LogP contribution in [0.2, 0.25) is 0 Å². The number of carbonyl (C=O) groups excluding carboxylic acids is 1. The van der Waals surface area contributed by atoms with Crippen LogP contribution in [-0.2, 0) is 4.79 Å². The van der Waals surface area contributed by atoms with Gasteiger partial charge >= 0.3 is 5.97 Å². The van der Waals surface area contributed by atoms with Gasteiger partial charge in [0.05, 0.1) is 0 Å². The molecule has 0 aliphatic heterocycles. The summed E-state index contributed by atoms with van der Waals surface area (Å²) in [5.74, 6) is 0.429. The van der Waals surface area contributed by atoms with Gasteiger partial charge in [-0.2, -0.15) is 0 Å². The molecule has 0 aliphatic carbocycles. The van der Waals surface area contributed by atoms with Crippen molar-refractivity contribution in [2.24, 2.45) is 0 Å². The van der Waals surface area contributed by atoms with E-state index in [2.05, 4.69) is 36.5 Å². The van der Waals surface area contributed by atoms with Gasteiger partial charge in [0.1, 0.15) is 5.75 Å². The van der Waals surface area contributed by atoms with Crippen LogP contribution in [0.25, 0.3) is 0 Å². The number of carbonyl (C=O) groups is 1. The van der Waals surface area contributed by atoms with Crippen LogP contribution < -0.4 is 10.1 Å². The quantitative estimate of drug-likeness (QED) is 0.357. The van der Waals surface area contributed by atoms with E-state index < -0.39 is 0 Å². The van der Waals surface area contributed by atoms with E-state index in [1.807, 2.05) is 31.2 Å². The summed E-state index contributed by atoms with van der Waals surface area (Å²) in [5, 5.41) is 3.41. The van der Waals surface area contributed by atoms with Crippen LogP contribution in [0.4, 0.5) is 5.69 Å². The fourth-order valence-electron chi connectivity index (χ4n) is 2.17. The van der Waals surface area contributed by atoms with E-state index in [1.54, 1.807) is 11.8 Å². The van der Waals surface area contributed by atoms with Crippen molar-refractivity contribution < 1.29 is 9.53 Å². The molecule has 0 aromatic heterocycles. The molecule has 0 atom stereocenters. The maximum Gasteiger partial charge on any atom is 0.311 e. The van der Waals surface area contributed by atoms with Crippen molar-refractivity contribution >= 4 is 23.4 Å². The van der Waals surface area contributed by atoms with Crippen molar-refractivity contribution in [3.8, 4) is 5.75 Å². The molecule has 0 radical (unpaired) electrons. The number of unbranched alkanes of at least 4 members (excludes halogenated alkanes) is 1. The first kappa shape index (κ1) is 18.4. The number of rotatable bonds is 9. The lowest BCUT2D eigenvalue weighted by molar-refractivity contribution is -0.134. The van der Waals surface area contributed by atoms with E-state index in [1.165, 1.54) is 12.8 Å². The van der Waals surface area contributed by atoms with E-state index in [9.17, 15) is 4.79 Å². The van der Waals surface area contributed by atoms with Crippen LogP contribution in [0.15, 0.2) is 58.3 Å². The van der Waals surface area contributed by atoms with Gasteiger partial charge in [-0.3, -0.25) is 4.79 Å². The van der Waals surface area contributed by atoms with Gasteiger partial charge in [-0.25, -0.2) is 0 Å². The fraction of sp³-hybridized carbons (Fsp3) is 0.350. The summed E-state index contributed by atoms with van der Waals surface area (Å²) >= 11 is 1.66. The zero-order valence-corrected chi connectivity index (χ0v) is 15.2. The van der Waals surface area contributed by atoms with Gasteiger partial charge in [0.15, 0.2) is 0 Å². The minimum atomic E-state index is -0.179. The molecule has 0 bridgehead atoms. The molecule has 24 heavy (non-hydrogen) atoms. The summed E-state index contributed by atoms with van der Waals surface area (Å²) in [5.41, 5.74) is 1.15. The van der Waals surface area contributed by atoms with Crippen LogP contribution in [-0.4, -0.2) is 12.5 Å². The third kappa shape index (κ3) is 6.28. The van der Waals surface area contributed by atoms with Crippen molar-refractivity contribution in [1.29, 1.82) is 0 Å². The Hall–Kier alpha value is -1.94. The van der Waals surface area contributed by atoms with E-state index in [4.69, 9.17) is 4.74 Å². The highest BCUT2D eigenvalue weighted by atomic mass is 32.2. The minimum absolute atomic E-state index is 0.179. The highest BCUT2D eigenvalue weighted by Crippen LogP contribution is 2.30. The Morgan fingerprint density at radius 1 is 1.04 bits per heavy atom. The van der Waals surface area contributed by atoms with E-state index in [0.29, 0.717) is 12.2 Å². The van der Waals surface area contributed by atoms with E-state index >= 15 is 0 Å². The number of esters is 1. The summed E-state index contributed by atoms with van der Waals surface area (Å²) in [6, 6.07) is 16.1. The molecule has 0 heterocycles. The van der Waals surface area contributed by atoms with Crippen LogP contribution >= 0.6 is 11.8 Å². The van der Waals surface area contributed by atoms with Gasteiger partial charge in [-0.1, -0.05) is 38.1 Å². The van der Waals surface area contributed by atoms with Crippen LogP contribution in [0.3, 0.4) is 0 Å². The molecule has 0 saturated carbocycles. The van der Waals surface area contributed by atoms with Gasteiger partial charge in [0.2, 0.25) is 0 Å². The molecule has 3 nitrogen and oxygen atoms in total. The Balaban J connectivity index is 1.94. The molecule has 0 unspecified atom stereocenters. The first-order chi connectivity index (χ1) is 11.7. The lowest BCUT2D eigenvalue weighted by Crippen LogP contribution is -2.06. The monoisotopic (exact) mass is 343 g/mol. The maximum atomic E-state index is 11.6. The third-order valence-electron chi connectivity index (χ3n) is 3.44. The predicted octanol–water partition coefficient (Wildman–Crippen LogP) is 5.76. The lowest BCUT2D eigenvalue weighted by atomic mass is 10.3. The molecule has 128 valence electrons. The molecule has 0 aliphatic rings. The average Bonchev–Trinajstić information content (AvgIpc) is 2.57. The van der Waals surface area contributed by atoms with Crippen molar-refractivity contribution in [2.75, 3.05) is 11.9 Å². The number of anilines is 1. The molecular weight excluding hydrogens is 318 g/mol. The van der Waals surface area contributed by atoms with Gasteiger partial charge < -0.3 is 10.1 Å². The van der Waals surface area contributed by atoms with E-state index in [0.717, 1.165) is 28.4 Å². The fourth-order valence-corrected chi connectivity index (χ4v) is 3.04. The number of hydrogen-bond acceptors (Lipinski definition) is 4. The third-order valence-corrected chi connectivity index (χ3v) is 4.44. The van der Waals surface area contributed by atoms with Crippen LogP contribution in [0.1, 0.15) is 39.5 Å². The molecule has 4 heteroatoms. The maximum absolute atomic E-state index is 11.6.